The van der Waals surface area contributed by atoms with Gasteiger partial charge in [-0.25, -0.2) is 14.8 Å². The highest BCUT2D eigenvalue weighted by atomic mass is 16.4. The van der Waals surface area contributed by atoms with Crippen LogP contribution in [0.3, 0.4) is 0 Å². The molecule has 0 saturated carbocycles. The standard InChI is InChI=1S/C20H13N3O3/c24-18(17-10-14-8-4-5-9-16(14)19(25)26-17)23-20-21-11-15(12-22-20)13-6-2-1-3-7-13/h1-12H,(H,21,22,23,24). The van der Waals surface area contributed by atoms with E-state index < -0.39 is 11.5 Å². The molecule has 0 bridgehead atoms. The van der Waals surface area contributed by atoms with Crippen molar-refractivity contribution in [1.29, 1.82) is 0 Å². The van der Waals surface area contributed by atoms with Gasteiger partial charge in [0.1, 0.15) is 0 Å². The Kier molecular flexibility index (Phi) is 3.99. The second-order valence-electron chi connectivity index (χ2n) is 5.60. The third-order valence-corrected chi connectivity index (χ3v) is 3.88. The van der Waals surface area contributed by atoms with Crippen LogP contribution in [0.4, 0.5) is 5.95 Å². The number of anilines is 1. The lowest BCUT2D eigenvalue weighted by Crippen LogP contribution is -2.16. The summed E-state index contributed by atoms with van der Waals surface area (Å²) in [7, 11) is 0. The Morgan fingerprint density at radius 3 is 2.35 bits per heavy atom. The van der Waals surface area contributed by atoms with Gasteiger partial charge in [-0.1, -0.05) is 48.5 Å². The van der Waals surface area contributed by atoms with Crippen molar-refractivity contribution in [3.63, 3.8) is 0 Å². The van der Waals surface area contributed by atoms with E-state index in [1.807, 2.05) is 30.3 Å². The maximum atomic E-state index is 12.3. The van der Waals surface area contributed by atoms with E-state index in [4.69, 9.17) is 4.42 Å². The zero-order valence-corrected chi connectivity index (χ0v) is 13.5. The van der Waals surface area contributed by atoms with Crippen molar-refractivity contribution >= 4 is 22.6 Å². The van der Waals surface area contributed by atoms with E-state index in [0.29, 0.717) is 10.8 Å². The molecule has 0 saturated heterocycles. The van der Waals surface area contributed by atoms with Gasteiger partial charge in [-0.15, -0.1) is 0 Å². The molecule has 2 aromatic carbocycles. The number of nitrogens with one attached hydrogen (secondary N) is 1. The van der Waals surface area contributed by atoms with Crippen LogP contribution in [0.5, 0.6) is 0 Å². The molecule has 1 amide bonds. The first-order chi connectivity index (χ1) is 12.7. The van der Waals surface area contributed by atoms with Crippen molar-refractivity contribution in [2.45, 2.75) is 0 Å². The SMILES string of the molecule is O=C(Nc1ncc(-c2ccccc2)cn1)c1cc2ccccc2c(=O)o1. The maximum Gasteiger partial charge on any atom is 0.344 e. The Morgan fingerprint density at radius 1 is 0.885 bits per heavy atom. The van der Waals surface area contributed by atoms with Crippen molar-refractivity contribution in [1.82, 2.24) is 9.97 Å². The van der Waals surface area contributed by atoms with Crippen molar-refractivity contribution in [2.75, 3.05) is 5.32 Å². The van der Waals surface area contributed by atoms with E-state index in [2.05, 4.69) is 15.3 Å². The Labute approximate surface area is 148 Å². The molecular weight excluding hydrogens is 330 g/mol. The lowest BCUT2D eigenvalue weighted by molar-refractivity contribution is 0.0992. The third kappa shape index (κ3) is 3.08. The molecule has 0 spiro atoms. The summed E-state index contributed by atoms with van der Waals surface area (Å²) in [5.41, 5.74) is 1.25. The van der Waals surface area contributed by atoms with Crippen LogP contribution in [0.1, 0.15) is 10.6 Å². The Morgan fingerprint density at radius 2 is 1.58 bits per heavy atom. The molecule has 1 N–H and O–H groups in total. The fraction of sp³-hybridized carbons (Fsp3) is 0. The van der Waals surface area contributed by atoms with E-state index in [1.54, 1.807) is 36.7 Å². The molecule has 0 unspecified atom stereocenters. The minimum absolute atomic E-state index is 0.0931. The van der Waals surface area contributed by atoms with Crippen molar-refractivity contribution in [3.8, 4) is 11.1 Å². The first-order valence-electron chi connectivity index (χ1n) is 7.92. The average Bonchev–Trinajstić information content (AvgIpc) is 2.69. The Balaban J connectivity index is 1.58. The lowest BCUT2D eigenvalue weighted by atomic mass is 10.1. The van der Waals surface area contributed by atoms with E-state index in [1.165, 1.54) is 6.07 Å². The second kappa shape index (κ2) is 6.60. The zero-order valence-electron chi connectivity index (χ0n) is 13.5. The number of nitrogens with zero attached hydrogens (tertiary/aromatic N) is 2. The molecule has 2 aromatic heterocycles. The molecule has 6 heteroatoms. The van der Waals surface area contributed by atoms with Gasteiger partial charge in [-0.05, 0) is 23.1 Å². The number of rotatable bonds is 3. The highest BCUT2D eigenvalue weighted by Crippen LogP contribution is 2.17. The van der Waals surface area contributed by atoms with Crippen LogP contribution in [-0.4, -0.2) is 15.9 Å². The maximum absolute atomic E-state index is 12.3. The number of fused-ring (bicyclic) bond motifs is 1. The molecule has 26 heavy (non-hydrogen) atoms. The van der Waals surface area contributed by atoms with Gasteiger partial charge in [0, 0.05) is 18.0 Å². The predicted octanol–water partition coefficient (Wildman–Crippen LogP) is 3.50. The van der Waals surface area contributed by atoms with Gasteiger partial charge in [-0.2, -0.15) is 0 Å². The van der Waals surface area contributed by atoms with Gasteiger partial charge in [-0.3, -0.25) is 10.1 Å². The van der Waals surface area contributed by atoms with Crippen LogP contribution >= 0.6 is 0 Å². The number of amides is 1. The summed E-state index contributed by atoms with van der Waals surface area (Å²) < 4.78 is 5.09. The van der Waals surface area contributed by atoms with Crippen molar-refractivity contribution < 1.29 is 9.21 Å². The zero-order chi connectivity index (χ0) is 17.9. The topological polar surface area (TPSA) is 85.1 Å². The number of aromatic nitrogens is 2. The summed E-state index contributed by atoms with van der Waals surface area (Å²) in [6, 6.07) is 18.1. The van der Waals surface area contributed by atoms with Crippen LogP contribution in [0, 0.1) is 0 Å². The number of hydrogen-bond donors (Lipinski definition) is 1. The van der Waals surface area contributed by atoms with E-state index in [0.717, 1.165) is 11.1 Å². The molecule has 0 atom stereocenters. The molecule has 0 aliphatic heterocycles. The fourth-order valence-electron chi connectivity index (χ4n) is 2.58. The summed E-state index contributed by atoms with van der Waals surface area (Å²) in [6.45, 7) is 0. The monoisotopic (exact) mass is 343 g/mol. The average molecular weight is 343 g/mol. The number of carbonyl (C=O) groups excluding carboxylic acids is 1. The van der Waals surface area contributed by atoms with Gasteiger partial charge in [0.2, 0.25) is 5.95 Å². The summed E-state index contributed by atoms with van der Waals surface area (Å²) in [5, 5.41) is 3.59. The highest BCUT2D eigenvalue weighted by molar-refractivity contribution is 6.03. The van der Waals surface area contributed by atoms with Crippen LogP contribution in [0.2, 0.25) is 0 Å². The first-order valence-corrected chi connectivity index (χ1v) is 7.92. The number of hydrogen-bond acceptors (Lipinski definition) is 5. The van der Waals surface area contributed by atoms with E-state index in [9.17, 15) is 9.59 Å². The third-order valence-electron chi connectivity index (χ3n) is 3.88. The molecule has 126 valence electrons. The quantitative estimate of drug-likeness (QED) is 0.615. The minimum Gasteiger partial charge on any atom is -0.417 e. The fourth-order valence-corrected chi connectivity index (χ4v) is 2.58. The molecule has 0 fully saturated rings. The molecule has 2 heterocycles. The molecular formula is C20H13N3O3. The summed E-state index contributed by atoms with van der Waals surface area (Å²) in [6.07, 6.45) is 3.24. The molecule has 0 radical (unpaired) electrons. The molecule has 6 nitrogen and oxygen atoms in total. The normalized spacial score (nSPS) is 10.6. The Bertz CT molecular complexity index is 1140. The molecule has 0 aliphatic carbocycles. The van der Waals surface area contributed by atoms with Crippen LogP contribution in [0.25, 0.3) is 21.9 Å². The lowest BCUT2D eigenvalue weighted by Gasteiger charge is -2.05. The van der Waals surface area contributed by atoms with Gasteiger partial charge >= 0.3 is 5.63 Å². The van der Waals surface area contributed by atoms with Crippen LogP contribution in [-0.2, 0) is 0 Å². The van der Waals surface area contributed by atoms with E-state index >= 15 is 0 Å². The summed E-state index contributed by atoms with van der Waals surface area (Å²) in [4.78, 5) is 32.6. The Hall–Kier alpha value is -3.80. The predicted molar refractivity (Wildman–Crippen MR) is 97.9 cm³/mol. The smallest absolute Gasteiger partial charge is 0.344 e. The van der Waals surface area contributed by atoms with Gasteiger partial charge < -0.3 is 4.42 Å². The first kappa shape index (κ1) is 15.7. The van der Waals surface area contributed by atoms with Crippen LogP contribution < -0.4 is 10.9 Å². The van der Waals surface area contributed by atoms with Gasteiger partial charge in [0.05, 0.1) is 5.39 Å². The number of carbonyl (C=O) groups is 1. The van der Waals surface area contributed by atoms with Crippen LogP contribution in [0.15, 0.2) is 82.3 Å². The van der Waals surface area contributed by atoms with Crippen molar-refractivity contribution in [3.05, 3.63) is 89.2 Å². The second-order valence-corrected chi connectivity index (χ2v) is 5.60. The molecule has 4 rings (SSSR count). The molecule has 4 aromatic rings. The summed E-state index contributed by atoms with van der Waals surface area (Å²) in [5.74, 6) is -0.546. The highest BCUT2D eigenvalue weighted by Gasteiger charge is 2.13. The minimum atomic E-state index is -0.583. The van der Waals surface area contributed by atoms with Gasteiger partial charge in [0.25, 0.3) is 5.91 Å². The number of benzene rings is 2. The van der Waals surface area contributed by atoms with E-state index in [-0.39, 0.29) is 11.7 Å². The van der Waals surface area contributed by atoms with Crippen molar-refractivity contribution in [2.24, 2.45) is 0 Å². The van der Waals surface area contributed by atoms with Gasteiger partial charge in [0.15, 0.2) is 5.76 Å². The summed E-state index contributed by atoms with van der Waals surface area (Å²) >= 11 is 0. The largest absolute Gasteiger partial charge is 0.417 e. The molecule has 0 aliphatic rings.